The Hall–Kier alpha value is -2.61. The van der Waals surface area contributed by atoms with Crippen molar-refractivity contribution in [1.82, 2.24) is 5.32 Å². The first kappa shape index (κ1) is 19.2. The average molecular weight is 390 g/mol. The summed E-state index contributed by atoms with van der Waals surface area (Å²) >= 11 is 1.34. The van der Waals surface area contributed by atoms with Gasteiger partial charge in [0, 0.05) is 10.8 Å². The lowest BCUT2D eigenvalue weighted by Crippen LogP contribution is -2.35. The van der Waals surface area contributed by atoms with Gasteiger partial charge in [0.1, 0.15) is 10.8 Å². The number of hydrogen-bond acceptors (Lipinski definition) is 6. The molecule has 1 saturated carbocycles. The number of hydrogen-bond donors (Lipinski definition) is 2. The second kappa shape index (κ2) is 7.96. The molecule has 0 unspecified atom stereocenters. The van der Waals surface area contributed by atoms with Crippen LogP contribution in [0, 0.1) is 19.8 Å². The minimum atomic E-state index is -0.973. The van der Waals surface area contributed by atoms with E-state index >= 15 is 0 Å². The van der Waals surface area contributed by atoms with Crippen molar-refractivity contribution in [3.8, 4) is 0 Å². The minimum Gasteiger partial charge on any atom is -0.467 e. The molecular weight excluding hydrogens is 368 g/mol. The molecule has 3 rings (SSSR count). The zero-order valence-corrected chi connectivity index (χ0v) is 16.3. The van der Waals surface area contributed by atoms with E-state index in [1.54, 1.807) is 19.1 Å². The molecule has 2 aromatic rings. The van der Waals surface area contributed by atoms with Gasteiger partial charge in [0.25, 0.3) is 5.91 Å². The molecule has 2 amide bonds. The molecule has 144 valence electrons. The summed E-state index contributed by atoms with van der Waals surface area (Å²) in [5, 5.41) is 5.96. The number of furan rings is 1. The molecule has 0 aliphatic heterocycles. The number of anilines is 1. The van der Waals surface area contributed by atoms with Gasteiger partial charge in [-0.3, -0.25) is 9.59 Å². The maximum atomic E-state index is 12.6. The minimum absolute atomic E-state index is 0.0304. The summed E-state index contributed by atoms with van der Waals surface area (Å²) in [7, 11) is 0. The molecule has 0 spiro atoms. The number of esters is 1. The first-order valence-electron chi connectivity index (χ1n) is 8.78. The smallest absolute Gasteiger partial charge is 0.342 e. The zero-order chi connectivity index (χ0) is 19.6. The number of ether oxygens (including phenoxy) is 1. The van der Waals surface area contributed by atoms with Crippen molar-refractivity contribution in [2.24, 2.45) is 5.92 Å². The number of carbonyl (C=O) groups is 3. The van der Waals surface area contributed by atoms with Crippen LogP contribution in [-0.4, -0.2) is 23.9 Å². The fourth-order valence-corrected chi connectivity index (χ4v) is 3.58. The number of thiophene rings is 1. The number of amides is 2. The molecule has 2 N–H and O–H groups in total. The third-order valence-electron chi connectivity index (χ3n) is 4.44. The molecule has 1 fully saturated rings. The number of rotatable bonds is 7. The van der Waals surface area contributed by atoms with E-state index in [1.165, 1.54) is 24.5 Å². The van der Waals surface area contributed by atoms with Crippen LogP contribution in [0.2, 0.25) is 0 Å². The van der Waals surface area contributed by atoms with Crippen LogP contribution in [0.4, 0.5) is 5.00 Å². The van der Waals surface area contributed by atoms with Crippen LogP contribution < -0.4 is 10.6 Å². The van der Waals surface area contributed by atoms with Crippen molar-refractivity contribution >= 4 is 34.1 Å². The van der Waals surface area contributed by atoms with Crippen LogP contribution in [0.3, 0.4) is 0 Å². The lowest BCUT2D eigenvalue weighted by molar-refractivity contribution is -0.129. The quantitative estimate of drug-likeness (QED) is 0.708. The number of nitrogens with one attached hydrogen (secondary N) is 2. The van der Waals surface area contributed by atoms with E-state index in [1.807, 2.05) is 6.92 Å². The van der Waals surface area contributed by atoms with Crippen molar-refractivity contribution in [3.63, 3.8) is 0 Å². The molecule has 0 radical (unpaired) electrons. The standard InChI is InChI=1S/C19H22N2O5S/c1-10-12(3)27-18(21-17(23)13-6-7-13)15(10)19(24)26-11(2)16(22)20-9-14-5-4-8-25-14/h4-5,8,11,13H,6-7,9H2,1-3H3,(H,20,22)(H,21,23)/t11-/m0/s1. The van der Waals surface area contributed by atoms with Crippen LogP contribution in [0.25, 0.3) is 0 Å². The Bertz CT molecular complexity index is 852. The van der Waals surface area contributed by atoms with E-state index in [9.17, 15) is 14.4 Å². The summed E-state index contributed by atoms with van der Waals surface area (Å²) < 4.78 is 10.5. The third kappa shape index (κ3) is 4.57. The molecule has 1 aliphatic rings. The SMILES string of the molecule is Cc1sc(NC(=O)C2CC2)c(C(=O)O[C@@H](C)C(=O)NCc2ccco2)c1C. The molecule has 2 heterocycles. The summed E-state index contributed by atoms with van der Waals surface area (Å²) in [5.41, 5.74) is 1.07. The van der Waals surface area contributed by atoms with Gasteiger partial charge in [-0.05, 0) is 51.3 Å². The molecule has 7 nitrogen and oxygen atoms in total. The van der Waals surface area contributed by atoms with E-state index in [0.29, 0.717) is 16.3 Å². The lowest BCUT2D eigenvalue weighted by Gasteiger charge is -2.14. The van der Waals surface area contributed by atoms with Crippen LogP contribution in [0.1, 0.15) is 46.3 Å². The highest BCUT2D eigenvalue weighted by Gasteiger charge is 2.32. The van der Waals surface area contributed by atoms with Crippen LogP contribution >= 0.6 is 11.3 Å². The van der Waals surface area contributed by atoms with Crippen LogP contribution in [-0.2, 0) is 20.9 Å². The molecule has 27 heavy (non-hydrogen) atoms. The maximum Gasteiger partial charge on any atom is 0.342 e. The van der Waals surface area contributed by atoms with Gasteiger partial charge < -0.3 is 19.8 Å². The van der Waals surface area contributed by atoms with E-state index in [-0.39, 0.29) is 18.4 Å². The van der Waals surface area contributed by atoms with Gasteiger partial charge in [-0.2, -0.15) is 0 Å². The summed E-state index contributed by atoms with van der Waals surface area (Å²) in [4.78, 5) is 37.8. The fraction of sp³-hybridized carbons (Fsp3) is 0.421. The van der Waals surface area contributed by atoms with Gasteiger partial charge in [-0.15, -0.1) is 11.3 Å². The van der Waals surface area contributed by atoms with Gasteiger partial charge in [0.15, 0.2) is 6.10 Å². The van der Waals surface area contributed by atoms with Gasteiger partial charge in [0.05, 0.1) is 18.4 Å². The van der Waals surface area contributed by atoms with Crippen LogP contribution in [0.15, 0.2) is 22.8 Å². The van der Waals surface area contributed by atoms with E-state index in [4.69, 9.17) is 9.15 Å². The van der Waals surface area contributed by atoms with Crippen LogP contribution in [0.5, 0.6) is 0 Å². The van der Waals surface area contributed by atoms with Gasteiger partial charge >= 0.3 is 5.97 Å². The predicted octanol–water partition coefficient (Wildman–Crippen LogP) is 3.17. The molecule has 0 bridgehead atoms. The third-order valence-corrected chi connectivity index (χ3v) is 5.57. The maximum absolute atomic E-state index is 12.6. The summed E-state index contributed by atoms with van der Waals surface area (Å²) in [5.74, 6) is -0.481. The molecule has 1 aliphatic carbocycles. The van der Waals surface area contributed by atoms with Gasteiger partial charge in [-0.25, -0.2) is 4.79 Å². The van der Waals surface area contributed by atoms with Crippen molar-refractivity contribution < 1.29 is 23.5 Å². The predicted molar refractivity (Wildman–Crippen MR) is 101 cm³/mol. The molecule has 0 saturated heterocycles. The number of aryl methyl sites for hydroxylation is 1. The van der Waals surface area contributed by atoms with Gasteiger partial charge in [0.2, 0.25) is 5.91 Å². The zero-order valence-electron chi connectivity index (χ0n) is 15.5. The summed E-state index contributed by atoms with van der Waals surface area (Å²) in [6.07, 6.45) is 2.30. The Morgan fingerprint density at radius 1 is 1.33 bits per heavy atom. The van der Waals surface area contributed by atoms with E-state index in [2.05, 4.69) is 10.6 Å². The second-order valence-electron chi connectivity index (χ2n) is 6.60. The van der Waals surface area contributed by atoms with E-state index < -0.39 is 18.0 Å². The topological polar surface area (TPSA) is 97.6 Å². The highest BCUT2D eigenvalue weighted by Crippen LogP contribution is 2.36. The molecule has 0 aromatic carbocycles. The molecule has 1 atom stereocenters. The Labute approximate surface area is 161 Å². The normalized spacial score (nSPS) is 14.5. The van der Waals surface area contributed by atoms with Gasteiger partial charge in [-0.1, -0.05) is 0 Å². The highest BCUT2D eigenvalue weighted by atomic mass is 32.1. The summed E-state index contributed by atoms with van der Waals surface area (Å²) in [6, 6.07) is 3.47. The molecule has 2 aromatic heterocycles. The first-order chi connectivity index (χ1) is 12.9. The Morgan fingerprint density at radius 3 is 2.70 bits per heavy atom. The Kier molecular flexibility index (Phi) is 5.65. The van der Waals surface area contributed by atoms with Crippen molar-refractivity contribution in [2.45, 2.75) is 46.3 Å². The lowest BCUT2D eigenvalue weighted by atomic mass is 10.1. The largest absolute Gasteiger partial charge is 0.467 e. The Morgan fingerprint density at radius 2 is 2.07 bits per heavy atom. The Balaban J connectivity index is 1.64. The number of carbonyl (C=O) groups excluding carboxylic acids is 3. The monoisotopic (exact) mass is 390 g/mol. The highest BCUT2D eigenvalue weighted by molar-refractivity contribution is 7.16. The molecular formula is C19H22N2O5S. The second-order valence-corrected chi connectivity index (χ2v) is 7.82. The fourth-order valence-electron chi connectivity index (χ4n) is 2.52. The van der Waals surface area contributed by atoms with Crippen molar-refractivity contribution in [2.75, 3.05) is 5.32 Å². The average Bonchev–Trinajstić information content (AvgIpc) is 3.28. The summed E-state index contributed by atoms with van der Waals surface area (Å²) in [6.45, 7) is 5.40. The first-order valence-corrected chi connectivity index (χ1v) is 9.60. The van der Waals surface area contributed by atoms with Crippen molar-refractivity contribution in [1.29, 1.82) is 0 Å². The molecule has 8 heteroatoms. The van der Waals surface area contributed by atoms with E-state index in [0.717, 1.165) is 23.3 Å². The van der Waals surface area contributed by atoms with Crippen molar-refractivity contribution in [3.05, 3.63) is 40.2 Å².